The van der Waals surface area contributed by atoms with E-state index in [2.05, 4.69) is 11.7 Å². The Kier molecular flexibility index (Phi) is 12.8. The Morgan fingerprint density at radius 2 is 1.24 bits per heavy atom. The van der Waals surface area contributed by atoms with Gasteiger partial charge in [0.1, 0.15) is 5.60 Å². The van der Waals surface area contributed by atoms with Gasteiger partial charge in [0.15, 0.2) is 0 Å². The molecule has 0 N–H and O–H groups in total. The van der Waals surface area contributed by atoms with Gasteiger partial charge in [-0.15, -0.1) is 0 Å². The van der Waals surface area contributed by atoms with Crippen LogP contribution in [0.4, 0.5) is 0 Å². The van der Waals surface area contributed by atoms with Crippen molar-refractivity contribution in [1.82, 2.24) is 0 Å². The van der Waals surface area contributed by atoms with Gasteiger partial charge in [-0.05, 0) is 26.7 Å². The zero-order valence-electron chi connectivity index (χ0n) is 15.0. The molecule has 126 valence electrons. The fraction of sp³-hybridized carbons (Fsp3) is 0.947. The number of rotatable bonds is 2. The van der Waals surface area contributed by atoms with E-state index in [4.69, 9.17) is 0 Å². The first-order valence-corrected chi connectivity index (χ1v) is 9.11. The molecule has 0 bridgehead atoms. The molecular formula is C19H38O2. The van der Waals surface area contributed by atoms with E-state index < -0.39 is 0 Å². The number of hydrogen-bond donors (Lipinski definition) is 0. The zero-order chi connectivity index (χ0) is 16.0. The Bertz CT molecular complexity index is 218. The van der Waals surface area contributed by atoms with E-state index in [1.807, 2.05) is 20.8 Å². The first kappa shape index (κ1) is 20.5. The quantitative estimate of drug-likeness (QED) is 0.561. The SMILES string of the molecule is CC(C)(C)OC=O.CCC1CCCCCCCCCCC1. The molecule has 0 aromatic heterocycles. The normalized spacial score (nSPS) is 19.4. The molecule has 21 heavy (non-hydrogen) atoms. The maximum absolute atomic E-state index is 9.60. The number of carbonyl (C=O) groups excluding carboxylic acids is 1. The highest BCUT2D eigenvalue weighted by molar-refractivity contribution is 5.37. The third-order valence-electron chi connectivity index (χ3n) is 4.20. The average Bonchev–Trinajstić information content (AvgIpc) is 2.39. The molecule has 0 atom stereocenters. The van der Waals surface area contributed by atoms with E-state index in [1.165, 1.54) is 77.0 Å². The first-order valence-electron chi connectivity index (χ1n) is 9.11. The summed E-state index contributed by atoms with van der Waals surface area (Å²) in [6.07, 6.45) is 17.9. The van der Waals surface area contributed by atoms with E-state index >= 15 is 0 Å². The summed E-state index contributed by atoms with van der Waals surface area (Å²) < 4.78 is 4.55. The molecule has 0 radical (unpaired) electrons. The summed E-state index contributed by atoms with van der Waals surface area (Å²) >= 11 is 0. The third kappa shape index (κ3) is 15.7. The van der Waals surface area contributed by atoms with Gasteiger partial charge < -0.3 is 4.74 Å². The van der Waals surface area contributed by atoms with Crippen LogP contribution in [0.2, 0.25) is 0 Å². The van der Waals surface area contributed by atoms with Crippen LogP contribution in [-0.4, -0.2) is 12.1 Å². The molecule has 0 saturated heterocycles. The Hall–Kier alpha value is -0.530. The molecule has 0 spiro atoms. The summed E-state index contributed by atoms with van der Waals surface area (Å²) in [5.74, 6) is 1.05. The van der Waals surface area contributed by atoms with Gasteiger partial charge in [-0.1, -0.05) is 84.0 Å². The minimum Gasteiger partial charge on any atom is -0.462 e. The fourth-order valence-corrected chi connectivity index (χ4v) is 2.80. The van der Waals surface area contributed by atoms with Crippen LogP contribution in [0.3, 0.4) is 0 Å². The smallest absolute Gasteiger partial charge is 0.293 e. The lowest BCUT2D eigenvalue weighted by Crippen LogP contribution is -2.17. The molecule has 1 aliphatic carbocycles. The summed E-state index contributed by atoms with van der Waals surface area (Å²) in [4.78, 5) is 9.60. The van der Waals surface area contributed by atoms with E-state index in [0.29, 0.717) is 6.47 Å². The van der Waals surface area contributed by atoms with Crippen LogP contribution in [-0.2, 0) is 9.53 Å². The highest BCUT2D eigenvalue weighted by atomic mass is 16.5. The van der Waals surface area contributed by atoms with Crippen molar-refractivity contribution < 1.29 is 9.53 Å². The van der Waals surface area contributed by atoms with Crippen molar-refractivity contribution in [3.63, 3.8) is 0 Å². The second-order valence-corrected chi connectivity index (χ2v) is 7.36. The van der Waals surface area contributed by atoms with Crippen molar-refractivity contribution in [3.05, 3.63) is 0 Å². The van der Waals surface area contributed by atoms with E-state index in [-0.39, 0.29) is 5.60 Å². The van der Waals surface area contributed by atoms with Crippen molar-refractivity contribution in [1.29, 1.82) is 0 Å². The molecule has 0 aromatic carbocycles. The van der Waals surface area contributed by atoms with Crippen LogP contribution in [0.25, 0.3) is 0 Å². The molecule has 1 aliphatic rings. The van der Waals surface area contributed by atoms with E-state index in [0.717, 1.165) is 5.92 Å². The predicted molar refractivity (Wildman–Crippen MR) is 91.5 cm³/mol. The zero-order valence-corrected chi connectivity index (χ0v) is 15.0. The Morgan fingerprint density at radius 1 is 0.857 bits per heavy atom. The minimum absolute atomic E-state index is 0.318. The Morgan fingerprint density at radius 3 is 1.48 bits per heavy atom. The largest absolute Gasteiger partial charge is 0.462 e. The number of carbonyl (C=O) groups is 1. The minimum atomic E-state index is -0.318. The lowest BCUT2D eigenvalue weighted by Gasteiger charge is -2.15. The molecule has 2 nitrogen and oxygen atoms in total. The lowest BCUT2D eigenvalue weighted by atomic mass is 9.91. The van der Waals surface area contributed by atoms with E-state index in [1.54, 1.807) is 0 Å². The van der Waals surface area contributed by atoms with Gasteiger partial charge in [-0.25, -0.2) is 0 Å². The molecule has 0 aliphatic heterocycles. The Balaban J connectivity index is 0.000000486. The van der Waals surface area contributed by atoms with Crippen molar-refractivity contribution in [2.45, 2.75) is 110 Å². The van der Waals surface area contributed by atoms with Crippen LogP contribution in [0.1, 0.15) is 105 Å². The van der Waals surface area contributed by atoms with Gasteiger partial charge in [0.25, 0.3) is 6.47 Å². The van der Waals surface area contributed by atoms with Crippen molar-refractivity contribution >= 4 is 6.47 Å². The molecule has 1 rings (SSSR count). The maximum Gasteiger partial charge on any atom is 0.293 e. The number of ether oxygens (including phenoxy) is 1. The predicted octanol–water partition coefficient (Wildman–Crippen LogP) is 6.28. The van der Waals surface area contributed by atoms with Crippen LogP contribution in [0.15, 0.2) is 0 Å². The highest BCUT2D eigenvalue weighted by Gasteiger charge is 2.07. The topological polar surface area (TPSA) is 26.3 Å². The van der Waals surface area contributed by atoms with Crippen molar-refractivity contribution in [2.75, 3.05) is 0 Å². The van der Waals surface area contributed by atoms with Gasteiger partial charge in [0.2, 0.25) is 0 Å². The summed E-state index contributed by atoms with van der Waals surface area (Å²) in [5, 5.41) is 0. The fourth-order valence-electron chi connectivity index (χ4n) is 2.80. The lowest BCUT2D eigenvalue weighted by molar-refractivity contribution is -0.138. The molecular weight excluding hydrogens is 260 g/mol. The van der Waals surface area contributed by atoms with Gasteiger partial charge in [-0.2, -0.15) is 0 Å². The highest BCUT2D eigenvalue weighted by Crippen LogP contribution is 2.22. The average molecular weight is 299 g/mol. The molecule has 0 amide bonds. The molecule has 2 heteroatoms. The summed E-state index contributed by atoms with van der Waals surface area (Å²) in [7, 11) is 0. The van der Waals surface area contributed by atoms with Crippen LogP contribution in [0.5, 0.6) is 0 Å². The molecule has 0 unspecified atom stereocenters. The van der Waals surface area contributed by atoms with Crippen LogP contribution >= 0.6 is 0 Å². The van der Waals surface area contributed by atoms with E-state index in [9.17, 15) is 4.79 Å². The summed E-state index contributed by atoms with van der Waals surface area (Å²) in [6.45, 7) is 8.29. The van der Waals surface area contributed by atoms with Crippen molar-refractivity contribution in [3.8, 4) is 0 Å². The Labute approximate surface area is 133 Å². The van der Waals surface area contributed by atoms with Crippen LogP contribution < -0.4 is 0 Å². The standard InChI is InChI=1S/C14H28.C5H10O2/c1-2-14-12-10-8-6-4-3-5-7-9-11-13-14;1-5(2,3)7-4-6/h14H,2-13H2,1H3;4H,1-3H3. The summed E-state index contributed by atoms with van der Waals surface area (Å²) in [6, 6.07) is 0. The molecule has 0 aromatic rings. The third-order valence-corrected chi connectivity index (χ3v) is 4.20. The van der Waals surface area contributed by atoms with Gasteiger partial charge in [0.05, 0.1) is 0 Å². The first-order chi connectivity index (χ1) is 9.99. The number of hydrogen-bond acceptors (Lipinski definition) is 2. The second kappa shape index (κ2) is 13.2. The van der Waals surface area contributed by atoms with Crippen molar-refractivity contribution in [2.24, 2.45) is 5.92 Å². The monoisotopic (exact) mass is 298 g/mol. The van der Waals surface area contributed by atoms with Crippen LogP contribution in [0, 0.1) is 5.92 Å². The molecule has 0 heterocycles. The summed E-state index contributed by atoms with van der Waals surface area (Å²) in [5.41, 5.74) is -0.318. The van der Waals surface area contributed by atoms with Gasteiger partial charge in [0, 0.05) is 0 Å². The second-order valence-electron chi connectivity index (χ2n) is 7.36. The molecule has 1 fully saturated rings. The molecule has 1 saturated carbocycles. The van der Waals surface area contributed by atoms with Gasteiger partial charge >= 0.3 is 0 Å². The van der Waals surface area contributed by atoms with Gasteiger partial charge in [-0.3, -0.25) is 4.79 Å². The maximum atomic E-state index is 9.60.